The van der Waals surface area contributed by atoms with Gasteiger partial charge in [0, 0.05) is 6.42 Å². The molecule has 3 nitrogen and oxygen atoms in total. The third-order valence-electron chi connectivity index (χ3n) is 2.18. The number of hydrogen-bond acceptors (Lipinski definition) is 3. The van der Waals surface area contributed by atoms with E-state index in [4.69, 9.17) is 9.26 Å². The van der Waals surface area contributed by atoms with E-state index in [2.05, 4.69) is 0 Å². The van der Waals surface area contributed by atoms with E-state index in [0.29, 0.717) is 12.8 Å². The number of benzene rings is 1. The van der Waals surface area contributed by atoms with E-state index in [1.165, 1.54) is 0 Å². The normalized spacial score (nSPS) is 11.8. The molecule has 0 aliphatic carbocycles. The Hall–Kier alpha value is -1.08. The van der Waals surface area contributed by atoms with Gasteiger partial charge in [0.15, 0.2) is 0 Å². The van der Waals surface area contributed by atoms with Crippen molar-refractivity contribution in [3.05, 3.63) is 29.8 Å². The Kier molecular flexibility index (Phi) is 5.61. The highest BCUT2D eigenvalue weighted by atomic mass is 31.1. The van der Waals surface area contributed by atoms with Gasteiger partial charge in [0.2, 0.25) is 0 Å². The Labute approximate surface area is 111 Å². The van der Waals surface area contributed by atoms with Crippen molar-refractivity contribution in [1.82, 2.24) is 0 Å². The summed E-state index contributed by atoms with van der Waals surface area (Å²) in [7, 11) is 0.228. The van der Waals surface area contributed by atoms with Crippen LogP contribution in [0.2, 0.25) is 0 Å². The highest BCUT2D eigenvalue weighted by molar-refractivity contribution is 7.31. The Morgan fingerprint density at radius 3 is 2.33 bits per heavy atom. The summed E-state index contributed by atoms with van der Waals surface area (Å²) in [5.41, 5.74) is 0.931. The topological polar surface area (TPSA) is 35.5 Å². The smallest absolute Gasteiger partial charge is 0.308 e. The van der Waals surface area contributed by atoms with Crippen LogP contribution in [-0.2, 0) is 15.7 Å². The van der Waals surface area contributed by atoms with Crippen molar-refractivity contribution in [2.75, 3.05) is 6.66 Å². The first-order chi connectivity index (χ1) is 8.40. The molecular weight excluding hydrogens is 247 g/mol. The van der Waals surface area contributed by atoms with E-state index in [1.54, 1.807) is 0 Å². The van der Waals surface area contributed by atoms with Crippen molar-refractivity contribution in [2.24, 2.45) is 0 Å². The molecule has 0 aliphatic rings. The van der Waals surface area contributed by atoms with Crippen molar-refractivity contribution in [1.29, 1.82) is 0 Å². The molecule has 1 atom stereocenters. The molecule has 0 bridgehead atoms. The van der Waals surface area contributed by atoms with Crippen LogP contribution in [0.5, 0.6) is 5.75 Å². The van der Waals surface area contributed by atoms with Crippen LogP contribution in [0, 0.1) is 0 Å². The highest BCUT2D eigenvalue weighted by Gasteiger charge is 2.11. The number of hydrogen-bond donors (Lipinski definition) is 0. The van der Waals surface area contributed by atoms with Gasteiger partial charge in [-0.05, 0) is 51.6 Å². The van der Waals surface area contributed by atoms with E-state index in [1.807, 2.05) is 51.7 Å². The molecule has 0 heterocycles. The van der Waals surface area contributed by atoms with E-state index >= 15 is 0 Å². The van der Waals surface area contributed by atoms with Gasteiger partial charge in [0.1, 0.15) is 11.4 Å². The molecule has 1 rings (SSSR count). The maximum atomic E-state index is 11.2. The van der Waals surface area contributed by atoms with Gasteiger partial charge in [0.25, 0.3) is 0 Å². The second-order valence-corrected chi connectivity index (χ2v) is 5.65. The largest absolute Gasteiger partial charge is 0.488 e. The van der Waals surface area contributed by atoms with Gasteiger partial charge in [-0.2, -0.15) is 0 Å². The van der Waals surface area contributed by atoms with Crippen LogP contribution in [0.3, 0.4) is 0 Å². The van der Waals surface area contributed by atoms with Crippen molar-refractivity contribution in [3.63, 3.8) is 0 Å². The number of aryl methyl sites for hydroxylation is 1. The maximum absolute atomic E-state index is 11.2. The average Bonchev–Trinajstić information content (AvgIpc) is 2.26. The molecule has 100 valence electrons. The first-order valence-electron chi connectivity index (χ1n) is 6.05. The van der Waals surface area contributed by atoms with Crippen LogP contribution >= 0.6 is 8.81 Å². The standard InChI is InChI=1S/C14H21O3P/c1-14(2,3)16-12-8-5-11(6-9-12)7-10-13(15)17-18-4/h5-6,8-9,18H,7,10H2,1-4H3. The monoisotopic (exact) mass is 268 g/mol. The maximum Gasteiger partial charge on any atom is 0.308 e. The second-order valence-electron chi connectivity index (χ2n) is 5.04. The molecule has 0 amide bonds. The third kappa shape index (κ3) is 6.02. The Morgan fingerprint density at radius 1 is 1.22 bits per heavy atom. The summed E-state index contributed by atoms with van der Waals surface area (Å²) in [6.45, 7) is 7.89. The summed E-state index contributed by atoms with van der Waals surface area (Å²) < 4.78 is 10.6. The number of ether oxygens (including phenoxy) is 1. The Bertz CT molecular complexity index is 379. The molecule has 0 aromatic heterocycles. The zero-order valence-corrected chi connectivity index (χ0v) is 12.4. The van der Waals surface area contributed by atoms with Crippen LogP contribution < -0.4 is 4.74 Å². The molecule has 0 aliphatic heterocycles. The van der Waals surface area contributed by atoms with Gasteiger partial charge < -0.3 is 9.26 Å². The number of carbonyl (C=O) groups excluding carboxylic acids is 1. The molecule has 18 heavy (non-hydrogen) atoms. The molecule has 0 saturated carbocycles. The van der Waals surface area contributed by atoms with Crippen LogP contribution in [0.15, 0.2) is 24.3 Å². The van der Waals surface area contributed by atoms with E-state index in [-0.39, 0.29) is 20.4 Å². The van der Waals surface area contributed by atoms with Gasteiger partial charge in [0.05, 0.1) is 8.81 Å². The first-order valence-corrected chi connectivity index (χ1v) is 7.46. The van der Waals surface area contributed by atoms with E-state index < -0.39 is 0 Å². The predicted molar refractivity (Wildman–Crippen MR) is 75.5 cm³/mol. The Morgan fingerprint density at radius 2 is 1.83 bits per heavy atom. The molecule has 0 radical (unpaired) electrons. The van der Waals surface area contributed by atoms with Gasteiger partial charge >= 0.3 is 5.97 Å². The lowest BCUT2D eigenvalue weighted by molar-refractivity contribution is -0.133. The molecular formula is C14H21O3P. The molecule has 4 heteroatoms. The van der Waals surface area contributed by atoms with Crippen molar-refractivity contribution >= 4 is 14.8 Å². The minimum absolute atomic E-state index is 0.133. The van der Waals surface area contributed by atoms with Crippen molar-refractivity contribution < 1.29 is 14.1 Å². The van der Waals surface area contributed by atoms with E-state index in [9.17, 15) is 4.79 Å². The molecule has 0 fully saturated rings. The van der Waals surface area contributed by atoms with Crippen LogP contribution in [0.1, 0.15) is 32.8 Å². The summed E-state index contributed by atoms with van der Waals surface area (Å²) in [6.07, 6.45) is 1.14. The number of carbonyl (C=O) groups is 1. The minimum atomic E-state index is -0.187. The fraction of sp³-hybridized carbons (Fsp3) is 0.500. The van der Waals surface area contributed by atoms with Crippen LogP contribution in [0.25, 0.3) is 0 Å². The van der Waals surface area contributed by atoms with Crippen molar-refractivity contribution in [3.8, 4) is 5.75 Å². The lowest BCUT2D eigenvalue weighted by Gasteiger charge is -2.21. The fourth-order valence-corrected chi connectivity index (χ4v) is 1.82. The molecule has 0 N–H and O–H groups in total. The highest BCUT2D eigenvalue weighted by Crippen LogP contribution is 2.19. The second kappa shape index (κ2) is 6.75. The number of rotatable bonds is 5. The SMILES string of the molecule is CPOC(=O)CCc1ccc(OC(C)(C)C)cc1. The first kappa shape index (κ1) is 15.0. The summed E-state index contributed by atoms with van der Waals surface area (Å²) in [5, 5.41) is 0. The lowest BCUT2D eigenvalue weighted by atomic mass is 10.1. The van der Waals surface area contributed by atoms with E-state index in [0.717, 1.165) is 11.3 Å². The fourth-order valence-electron chi connectivity index (χ4n) is 1.49. The Balaban J connectivity index is 2.48. The van der Waals surface area contributed by atoms with Gasteiger partial charge in [-0.3, -0.25) is 4.79 Å². The van der Waals surface area contributed by atoms with Gasteiger partial charge in [-0.1, -0.05) is 12.1 Å². The quantitative estimate of drug-likeness (QED) is 0.766. The molecule has 0 spiro atoms. The van der Waals surface area contributed by atoms with Crippen molar-refractivity contribution in [2.45, 2.75) is 39.2 Å². The third-order valence-corrected chi connectivity index (χ3v) is 2.61. The summed E-state index contributed by atoms with van der Waals surface area (Å²) in [6, 6.07) is 7.85. The van der Waals surface area contributed by atoms with Crippen LogP contribution in [-0.4, -0.2) is 18.2 Å². The predicted octanol–water partition coefficient (Wildman–Crippen LogP) is 3.56. The van der Waals surface area contributed by atoms with Gasteiger partial charge in [-0.15, -0.1) is 0 Å². The van der Waals surface area contributed by atoms with Crippen LogP contribution in [0.4, 0.5) is 0 Å². The molecule has 1 aromatic rings. The lowest BCUT2D eigenvalue weighted by Crippen LogP contribution is -2.22. The molecule has 0 saturated heterocycles. The summed E-state index contributed by atoms with van der Waals surface area (Å²) >= 11 is 0. The zero-order valence-electron chi connectivity index (χ0n) is 11.4. The zero-order chi connectivity index (χ0) is 13.6. The summed E-state index contributed by atoms with van der Waals surface area (Å²) in [5.74, 6) is 0.717. The molecule has 1 aromatic carbocycles. The molecule has 1 unspecified atom stereocenters. The summed E-state index contributed by atoms with van der Waals surface area (Å²) in [4.78, 5) is 11.2. The van der Waals surface area contributed by atoms with Gasteiger partial charge in [-0.25, -0.2) is 0 Å². The minimum Gasteiger partial charge on any atom is -0.488 e. The average molecular weight is 268 g/mol.